The number of aromatic nitrogens is 1. The first-order valence-corrected chi connectivity index (χ1v) is 4.06. The summed E-state index contributed by atoms with van der Waals surface area (Å²) in [7, 11) is 0. The van der Waals surface area contributed by atoms with Crippen molar-refractivity contribution < 1.29 is 5.11 Å². The SMILES string of the molecule is Nc1nc(CO)cc2ccccc12. The molecule has 3 heteroatoms. The third-order valence-electron chi connectivity index (χ3n) is 1.98. The van der Waals surface area contributed by atoms with Crippen molar-refractivity contribution in [1.82, 2.24) is 4.98 Å². The lowest BCUT2D eigenvalue weighted by Gasteiger charge is -2.03. The number of hydrogen-bond acceptors (Lipinski definition) is 3. The summed E-state index contributed by atoms with van der Waals surface area (Å²) in [5, 5.41) is 10.8. The van der Waals surface area contributed by atoms with E-state index in [2.05, 4.69) is 4.98 Å². The van der Waals surface area contributed by atoms with Gasteiger partial charge in [-0.15, -0.1) is 0 Å². The molecule has 0 radical (unpaired) electrons. The Labute approximate surface area is 75.8 Å². The molecule has 0 amide bonds. The molecule has 1 aromatic carbocycles. The van der Waals surface area contributed by atoms with Crippen LogP contribution >= 0.6 is 0 Å². The predicted molar refractivity (Wildman–Crippen MR) is 52.1 cm³/mol. The molecule has 0 saturated carbocycles. The minimum Gasteiger partial charge on any atom is -0.390 e. The third kappa shape index (κ3) is 1.34. The number of nitrogens with two attached hydrogens (primary N) is 1. The average Bonchev–Trinajstić information content (AvgIpc) is 2.18. The highest BCUT2D eigenvalue weighted by molar-refractivity contribution is 5.91. The largest absolute Gasteiger partial charge is 0.390 e. The molecule has 13 heavy (non-hydrogen) atoms. The Morgan fingerprint density at radius 1 is 1.31 bits per heavy atom. The van der Waals surface area contributed by atoms with Gasteiger partial charge in [0.15, 0.2) is 0 Å². The van der Waals surface area contributed by atoms with Crippen LogP contribution in [0.2, 0.25) is 0 Å². The van der Waals surface area contributed by atoms with Gasteiger partial charge in [-0.05, 0) is 11.5 Å². The summed E-state index contributed by atoms with van der Waals surface area (Å²) in [4.78, 5) is 4.05. The molecule has 3 nitrogen and oxygen atoms in total. The van der Waals surface area contributed by atoms with Gasteiger partial charge in [0.2, 0.25) is 0 Å². The van der Waals surface area contributed by atoms with E-state index < -0.39 is 0 Å². The highest BCUT2D eigenvalue weighted by atomic mass is 16.3. The van der Waals surface area contributed by atoms with Crippen molar-refractivity contribution in [3.05, 3.63) is 36.0 Å². The smallest absolute Gasteiger partial charge is 0.131 e. The first-order chi connectivity index (χ1) is 6.31. The van der Waals surface area contributed by atoms with E-state index in [1.54, 1.807) is 0 Å². The molecule has 0 spiro atoms. The number of anilines is 1. The van der Waals surface area contributed by atoms with Crippen molar-refractivity contribution in [3.63, 3.8) is 0 Å². The number of rotatable bonds is 1. The van der Waals surface area contributed by atoms with Gasteiger partial charge in [0, 0.05) is 5.39 Å². The fraction of sp³-hybridized carbons (Fsp3) is 0.100. The second kappa shape index (κ2) is 3.03. The Morgan fingerprint density at radius 2 is 2.08 bits per heavy atom. The van der Waals surface area contributed by atoms with Crippen molar-refractivity contribution in [2.75, 3.05) is 5.73 Å². The number of aliphatic hydroxyl groups excluding tert-OH is 1. The summed E-state index contributed by atoms with van der Waals surface area (Å²) in [5.74, 6) is 0.474. The van der Waals surface area contributed by atoms with Gasteiger partial charge in [-0.25, -0.2) is 4.98 Å². The number of aliphatic hydroxyl groups is 1. The summed E-state index contributed by atoms with van der Waals surface area (Å²) in [6, 6.07) is 9.55. The van der Waals surface area contributed by atoms with Gasteiger partial charge in [-0.1, -0.05) is 24.3 Å². The van der Waals surface area contributed by atoms with Crippen molar-refractivity contribution in [1.29, 1.82) is 0 Å². The van der Waals surface area contributed by atoms with Crippen LogP contribution in [0.4, 0.5) is 5.82 Å². The Kier molecular flexibility index (Phi) is 1.87. The van der Waals surface area contributed by atoms with E-state index in [0.29, 0.717) is 11.5 Å². The molecule has 0 fully saturated rings. The Bertz CT molecular complexity index is 440. The van der Waals surface area contributed by atoms with Crippen LogP contribution in [0.3, 0.4) is 0 Å². The van der Waals surface area contributed by atoms with Gasteiger partial charge in [0.25, 0.3) is 0 Å². The highest BCUT2D eigenvalue weighted by Crippen LogP contribution is 2.19. The molecule has 2 aromatic rings. The van der Waals surface area contributed by atoms with E-state index in [1.807, 2.05) is 30.3 Å². The van der Waals surface area contributed by atoms with Gasteiger partial charge >= 0.3 is 0 Å². The molecular weight excluding hydrogens is 164 g/mol. The standard InChI is InChI=1S/C10H10N2O/c11-10-9-4-2-1-3-7(9)5-8(6-13)12-10/h1-5,13H,6H2,(H2,11,12). The maximum absolute atomic E-state index is 8.90. The van der Waals surface area contributed by atoms with E-state index in [-0.39, 0.29) is 6.61 Å². The van der Waals surface area contributed by atoms with Gasteiger partial charge < -0.3 is 10.8 Å². The lowest BCUT2D eigenvalue weighted by atomic mass is 10.1. The predicted octanol–water partition coefficient (Wildman–Crippen LogP) is 1.31. The number of nitrogen functional groups attached to an aromatic ring is 1. The number of benzene rings is 1. The molecule has 1 aromatic heterocycles. The van der Waals surface area contributed by atoms with E-state index in [1.165, 1.54) is 0 Å². The van der Waals surface area contributed by atoms with Crippen LogP contribution in [0.15, 0.2) is 30.3 Å². The maximum atomic E-state index is 8.90. The third-order valence-corrected chi connectivity index (χ3v) is 1.98. The molecular formula is C10H10N2O. The second-order valence-corrected chi connectivity index (χ2v) is 2.88. The number of nitrogens with zero attached hydrogens (tertiary/aromatic N) is 1. The molecule has 3 N–H and O–H groups in total. The molecule has 0 aliphatic heterocycles. The number of fused-ring (bicyclic) bond motifs is 1. The first-order valence-electron chi connectivity index (χ1n) is 4.06. The average molecular weight is 174 g/mol. The summed E-state index contributed by atoms with van der Waals surface area (Å²) in [5.41, 5.74) is 6.32. The van der Waals surface area contributed by atoms with E-state index >= 15 is 0 Å². The molecule has 0 bridgehead atoms. The molecule has 0 unspecified atom stereocenters. The maximum Gasteiger partial charge on any atom is 0.131 e. The molecule has 1 heterocycles. The fourth-order valence-corrected chi connectivity index (χ4v) is 1.36. The van der Waals surface area contributed by atoms with Crippen LogP contribution in [0.5, 0.6) is 0 Å². The minimum atomic E-state index is -0.0744. The van der Waals surface area contributed by atoms with Crippen LogP contribution in [0.1, 0.15) is 5.69 Å². The van der Waals surface area contributed by atoms with E-state index in [9.17, 15) is 0 Å². The quantitative estimate of drug-likeness (QED) is 0.685. The summed E-state index contributed by atoms with van der Waals surface area (Å²) in [6.45, 7) is -0.0744. The molecule has 0 atom stereocenters. The monoisotopic (exact) mass is 174 g/mol. The van der Waals surface area contributed by atoms with Crippen molar-refractivity contribution in [2.24, 2.45) is 0 Å². The van der Waals surface area contributed by atoms with Crippen molar-refractivity contribution >= 4 is 16.6 Å². The van der Waals surface area contributed by atoms with E-state index in [0.717, 1.165) is 10.8 Å². The molecule has 0 saturated heterocycles. The van der Waals surface area contributed by atoms with Gasteiger partial charge in [-0.2, -0.15) is 0 Å². The summed E-state index contributed by atoms with van der Waals surface area (Å²) < 4.78 is 0. The lowest BCUT2D eigenvalue weighted by Crippen LogP contribution is -1.96. The lowest BCUT2D eigenvalue weighted by molar-refractivity contribution is 0.277. The zero-order valence-corrected chi connectivity index (χ0v) is 7.07. The Balaban J connectivity index is 2.77. The van der Waals surface area contributed by atoms with Crippen molar-refractivity contribution in [3.8, 4) is 0 Å². The van der Waals surface area contributed by atoms with Gasteiger partial charge in [0.05, 0.1) is 12.3 Å². The van der Waals surface area contributed by atoms with Gasteiger partial charge in [0.1, 0.15) is 5.82 Å². The summed E-state index contributed by atoms with van der Waals surface area (Å²) in [6.07, 6.45) is 0. The molecule has 0 aliphatic rings. The van der Waals surface area contributed by atoms with Crippen LogP contribution in [0, 0.1) is 0 Å². The zero-order valence-electron chi connectivity index (χ0n) is 7.07. The summed E-state index contributed by atoms with van der Waals surface area (Å²) >= 11 is 0. The molecule has 2 rings (SSSR count). The van der Waals surface area contributed by atoms with Crippen LogP contribution in [-0.2, 0) is 6.61 Å². The minimum absolute atomic E-state index is 0.0744. The topological polar surface area (TPSA) is 59.1 Å². The number of hydrogen-bond donors (Lipinski definition) is 2. The Morgan fingerprint density at radius 3 is 2.85 bits per heavy atom. The first kappa shape index (κ1) is 8.01. The molecule has 66 valence electrons. The number of pyridine rings is 1. The van der Waals surface area contributed by atoms with Crippen molar-refractivity contribution in [2.45, 2.75) is 6.61 Å². The zero-order chi connectivity index (χ0) is 9.26. The fourth-order valence-electron chi connectivity index (χ4n) is 1.36. The highest BCUT2D eigenvalue weighted by Gasteiger charge is 2.00. The normalized spacial score (nSPS) is 10.5. The Hall–Kier alpha value is -1.61. The van der Waals surface area contributed by atoms with Crippen LogP contribution < -0.4 is 5.73 Å². The van der Waals surface area contributed by atoms with E-state index in [4.69, 9.17) is 10.8 Å². The van der Waals surface area contributed by atoms with Gasteiger partial charge in [-0.3, -0.25) is 0 Å². The second-order valence-electron chi connectivity index (χ2n) is 2.88. The molecule has 0 aliphatic carbocycles. The van der Waals surface area contributed by atoms with Crippen LogP contribution in [-0.4, -0.2) is 10.1 Å². The van der Waals surface area contributed by atoms with Crippen LogP contribution in [0.25, 0.3) is 10.8 Å².